The van der Waals surface area contributed by atoms with E-state index >= 15 is 0 Å². The summed E-state index contributed by atoms with van der Waals surface area (Å²) < 4.78 is 6.58. The van der Waals surface area contributed by atoms with E-state index in [1.165, 1.54) is 67.8 Å². The summed E-state index contributed by atoms with van der Waals surface area (Å²) in [7, 11) is 0. The molecule has 154 valence electrons. The molecule has 0 atom stereocenters. The van der Waals surface area contributed by atoms with E-state index in [2.05, 4.69) is 108 Å². The molecule has 0 saturated carbocycles. The fraction of sp³-hybridized carbons (Fsp3) is 0. The molecule has 3 heteroatoms. The fourth-order valence-corrected chi connectivity index (χ4v) is 7.94. The maximum absolute atomic E-state index is 2.43. The molecule has 8 rings (SSSR count). The summed E-state index contributed by atoms with van der Waals surface area (Å²) in [6.45, 7) is 0. The lowest BCUT2D eigenvalue weighted by molar-refractivity contribution is 1.19. The lowest BCUT2D eigenvalue weighted by Crippen LogP contribution is -1.93. The Morgan fingerprint density at radius 1 is 0.485 bits per heavy atom. The van der Waals surface area contributed by atoms with Crippen molar-refractivity contribution < 1.29 is 0 Å². The lowest BCUT2D eigenvalue weighted by Gasteiger charge is -2.09. The molecule has 0 amide bonds. The number of fused-ring (bicyclic) bond motifs is 9. The molecule has 5 aromatic carbocycles. The maximum atomic E-state index is 2.43. The quantitative estimate of drug-likeness (QED) is 0.232. The zero-order valence-corrected chi connectivity index (χ0v) is 19.2. The summed E-state index contributed by atoms with van der Waals surface area (Å²) >= 11 is 3.84. The van der Waals surface area contributed by atoms with Crippen molar-refractivity contribution in [3.63, 3.8) is 0 Å². The highest BCUT2D eigenvalue weighted by Crippen LogP contribution is 2.46. The Kier molecular flexibility index (Phi) is 3.48. The number of nitrogens with zero attached hydrogens (tertiary/aromatic N) is 1. The van der Waals surface area contributed by atoms with Gasteiger partial charge in [0.05, 0.1) is 15.0 Å². The highest BCUT2D eigenvalue weighted by Gasteiger charge is 2.17. The summed E-state index contributed by atoms with van der Waals surface area (Å²) in [6, 6.07) is 37.8. The van der Waals surface area contributed by atoms with Crippen LogP contribution in [0.1, 0.15) is 0 Å². The minimum atomic E-state index is 1.21. The second-order valence-corrected chi connectivity index (χ2v) is 11.0. The molecule has 1 nitrogen and oxygen atoms in total. The van der Waals surface area contributed by atoms with Crippen molar-refractivity contribution in [2.24, 2.45) is 0 Å². The predicted octanol–water partition coefficient (Wildman–Crippen LogP) is 9.52. The number of benzene rings is 5. The molecule has 0 spiro atoms. The van der Waals surface area contributed by atoms with Crippen LogP contribution in [-0.2, 0) is 0 Å². The molecule has 0 bridgehead atoms. The van der Waals surface area contributed by atoms with Gasteiger partial charge in [0.1, 0.15) is 0 Å². The molecule has 0 N–H and O–H groups in total. The summed E-state index contributed by atoms with van der Waals surface area (Å²) in [5, 5.41) is 9.34. The van der Waals surface area contributed by atoms with Crippen LogP contribution in [0.25, 0.3) is 67.8 Å². The van der Waals surface area contributed by atoms with Crippen LogP contribution in [0.2, 0.25) is 0 Å². The Morgan fingerprint density at radius 2 is 1.24 bits per heavy atom. The molecule has 8 aromatic rings. The molecular formula is C30H17NS2. The number of thiophene rings is 2. The van der Waals surface area contributed by atoms with Gasteiger partial charge in [-0.1, -0.05) is 66.7 Å². The van der Waals surface area contributed by atoms with Gasteiger partial charge in [0.25, 0.3) is 0 Å². The standard InChI is InChI=1S/C30H17NS2/c1-2-8-19-15-20(14-13-18(19)7-1)31-25-11-5-3-9-21(25)23-16-24-28(17-26(23)31)33-30-29(24)22-10-4-6-12-27(22)32-30/h1-17H. The second-order valence-electron chi connectivity index (χ2n) is 8.61. The van der Waals surface area contributed by atoms with E-state index in [0.29, 0.717) is 0 Å². The molecule has 0 aliphatic carbocycles. The van der Waals surface area contributed by atoms with E-state index in [-0.39, 0.29) is 0 Å². The van der Waals surface area contributed by atoms with Crippen LogP contribution < -0.4 is 0 Å². The van der Waals surface area contributed by atoms with Crippen molar-refractivity contribution >= 4 is 84.8 Å². The molecule has 0 aliphatic rings. The van der Waals surface area contributed by atoms with Crippen molar-refractivity contribution in [3.05, 3.63) is 103 Å². The van der Waals surface area contributed by atoms with Crippen molar-refractivity contribution in [2.45, 2.75) is 0 Å². The summed E-state index contributed by atoms with van der Waals surface area (Å²) in [5.74, 6) is 0. The van der Waals surface area contributed by atoms with Crippen LogP contribution in [0.4, 0.5) is 0 Å². The Balaban J connectivity index is 1.53. The number of hydrogen-bond acceptors (Lipinski definition) is 2. The molecule has 33 heavy (non-hydrogen) atoms. The van der Waals surface area contributed by atoms with Gasteiger partial charge >= 0.3 is 0 Å². The van der Waals surface area contributed by atoms with Gasteiger partial charge in [-0.2, -0.15) is 0 Å². The van der Waals surface area contributed by atoms with Crippen molar-refractivity contribution in [3.8, 4) is 5.69 Å². The van der Waals surface area contributed by atoms with Crippen molar-refractivity contribution in [1.29, 1.82) is 0 Å². The number of para-hydroxylation sites is 1. The number of hydrogen-bond donors (Lipinski definition) is 0. The molecule has 3 heterocycles. The van der Waals surface area contributed by atoms with Crippen LogP contribution in [0.15, 0.2) is 103 Å². The van der Waals surface area contributed by atoms with Gasteiger partial charge in [0.2, 0.25) is 0 Å². The van der Waals surface area contributed by atoms with E-state index < -0.39 is 0 Å². The van der Waals surface area contributed by atoms with E-state index in [0.717, 1.165) is 0 Å². The second kappa shape index (κ2) is 6.44. The topological polar surface area (TPSA) is 4.93 Å². The summed E-state index contributed by atoms with van der Waals surface area (Å²) in [4.78, 5) is 0. The zero-order chi connectivity index (χ0) is 21.5. The first-order valence-corrected chi connectivity index (χ1v) is 12.7. The van der Waals surface area contributed by atoms with Crippen LogP contribution in [0, 0.1) is 0 Å². The van der Waals surface area contributed by atoms with Crippen LogP contribution in [0.3, 0.4) is 0 Å². The Hall–Kier alpha value is -3.66. The zero-order valence-electron chi connectivity index (χ0n) is 17.6. The highest BCUT2D eigenvalue weighted by molar-refractivity contribution is 7.44. The number of aromatic nitrogens is 1. The van der Waals surface area contributed by atoms with Gasteiger partial charge in [0, 0.05) is 42.0 Å². The van der Waals surface area contributed by atoms with Gasteiger partial charge in [-0.05, 0) is 47.2 Å². The predicted molar refractivity (Wildman–Crippen MR) is 147 cm³/mol. The molecule has 0 saturated heterocycles. The van der Waals surface area contributed by atoms with E-state index in [1.54, 1.807) is 0 Å². The molecule has 0 unspecified atom stereocenters. The summed E-state index contributed by atoms with van der Waals surface area (Å²) in [5.41, 5.74) is 3.74. The number of rotatable bonds is 1. The van der Waals surface area contributed by atoms with Crippen LogP contribution in [0.5, 0.6) is 0 Å². The third-order valence-electron chi connectivity index (χ3n) is 6.80. The first kappa shape index (κ1) is 17.8. The first-order valence-electron chi connectivity index (χ1n) is 11.1. The average Bonchev–Trinajstić information content (AvgIpc) is 3.49. The Morgan fingerprint density at radius 3 is 2.18 bits per heavy atom. The minimum Gasteiger partial charge on any atom is -0.309 e. The lowest BCUT2D eigenvalue weighted by atomic mass is 10.1. The molecule has 3 aromatic heterocycles. The van der Waals surface area contributed by atoms with Gasteiger partial charge in [-0.15, -0.1) is 22.7 Å². The monoisotopic (exact) mass is 455 g/mol. The van der Waals surface area contributed by atoms with Gasteiger partial charge < -0.3 is 4.57 Å². The molecule has 0 aliphatic heterocycles. The molecule has 0 radical (unpaired) electrons. The van der Waals surface area contributed by atoms with Gasteiger partial charge in [0.15, 0.2) is 0 Å². The van der Waals surface area contributed by atoms with Crippen molar-refractivity contribution in [1.82, 2.24) is 4.57 Å². The van der Waals surface area contributed by atoms with Gasteiger partial charge in [-0.25, -0.2) is 0 Å². The first-order chi connectivity index (χ1) is 16.3. The highest BCUT2D eigenvalue weighted by atomic mass is 32.2. The van der Waals surface area contributed by atoms with E-state index in [4.69, 9.17) is 0 Å². The maximum Gasteiger partial charge on any atom is 0.0890 e. The van der Waals surface area contributed by atoms with Gasteiger partial charge in [-0.3, -0.25) is 0 Å². The third kappa shape index (κ3) is 2.41. The Labute approximate surface area is 197 Å². The summed E-state index contributed by atoms with van der Waals surface area (Å²) in [6.07, 6.45) is 0. The third-order valence-corrected chi connectivity index (χ3v) is 9.21. The average molecular weight is 456 g/mol. The largest absolute Gasteiger partial charge is 0.309 e. The van der Waals surface area contributed by atoms with E-state index in [1.807, 2.05) is 22.7 Å². The van der Waals surface area contributed by atoms with E-state index in [9.17, 15) is 0 Å². The minimum absolute atomic E-state index is 1.21. The van der Waals surface area contributed by atoms with Crippen LogP contribution in [-0.4, -0.2) is 4.57 Å². The normalized spacial score (nSPS) is 12.2. The van der Waals surface area contributed by atoms with Crippen LogP contribution >= 0.6 is 22.7 Å². The fourth-order valence-electron chi connectivity index (χ4n) is 5.32. The SMILES string of the molecule is c1ccc2cc(-n3c4ccccc4c4cc5c(cc43)sc3sc4ccccc4c35)ccc2c1. The smallest absolute Gasteiger partial charge is 0.0890 e. The Bertz CT molecular complexity index is 2030. The molecule has 0 fully saturated rings. The molecular weight excluding hydrogens is 438 g/mol. The van der Waals surface area contributed by atoms with Crippen molar-refractivity contribution in [2.75, 3.05) is 0 Å².